The summed E-state index contributed by atoms with van der Waals surface area (Å²) in [6.45, 7) is 0. The molecule has 3 N–H and O–H groups in total. The molecule has 4 atom stereocenters. The highest BCUT2D eigenvalue weighted by atomic mass is 32.2. The molecule has 5 nitrogen and oxygen atoms in total. The lowest BCUT2D eigenvalue weighted by atomic mass is 9.84. The third-order valence-electron chi connectivity index (χ3n) is 3.57. The molecule has 0 aliphatic heterocycles. The van der Waals surface area contributed by atoms with Crippen molar-refractivity contribution < 1.29 is 13.2 Å². The fraction of sp³-hybridized carbons (Fsp3) is 0.889. The molecule has 2 aliphatic carbocycles. The molecule has 0 aromatic carbocycles. The normalized spacial score (nSPS) is 39.3. The minimum atomic E-state index is -3.46. The first-order chi connectivity index (χ1) is 6.88. The van der Waals surface area contributed by atoms with Gasteiger partial charge in [-0.25, -0.2) is 8.42 Å². The molecule has 15 heavy (non-hydrogen) atoms. The Bertz CT molecular complexity index is 377. The standard InChI is InChI=1S/C9H16N2O3S/c1-15(13,14)11-9(12)7-5-2-3-6(4-5)8(7)10/h5-8H,2-4,10H2,1H3,(H,11,12). The first kappa shape index (κ1) is 10.9. The van der Waals surface area contributed by atoms with Gasteiger partial charge < -0.3 is 5.73 Å². The second-order valence-corrected chi connectivity index (χ2v) is 6.42. The van der Waals surface area contributed by atoms with E-state index in [2.05, 4.69) is 0 Å². The Labute approximate surface area is 89.5 Å². The fourth-order valence-electron chi connectivity index (χ4n) is 2.98. The minimum absolute atomic E-state index is 0.162. The fourth-order valence-corrected chi connectivity index (χ4v) is 3.48. The van der Waals surface area contributed by atoms with Crippen LogP contribution in [0.1, 0.15) is 19.3 Å². The van der Waals surface area contributed by atoms with Crippen molar-refractivity contribution in [1.82, 2.24) is 4.72 Å². The predicted octanol–water partition coefficient (Wildman–Crippen LogP) is -0.564. The van der Waals surface area contributed by atoms with E-state index >= 15 is 0 Å². The van der Waals surface area contributed by atoms with E-state index in [0.29, 0.717) is 5.92 Å². The van der Waals surface area contributed by atoms with Crippen LogP contribution in [0.15, 0.2) is 0 Å². The van der Waals surface area contributed by atoms with Crippen LogP contribution in [0.3, 0.4) is 0 Å². The van der Waals surface area contributed by atoms with Gasteiger partial charge in [-0.05, 0) is 31.1 Å². The first-order valence-electron chi connectivity index (χ1n) is 5.15. The van der Waals surface area contributed by atoms with Crippen LogP contribution in [0, 0.1) is 17.8 Å². The van der Waals surface area contributed by atoms with Crippen LogP contribution >= 0.6 is 0 Å². The summed E-state index contributed by atoms with van der Waals surface area (Å²) in [4.78, 5) is 11.7. The number of rotatable bonds is 2. The zero-order chi connectivity index (χ0) is 11.2. The van der Waals surface area contributed by atoms with E-state index in [1.807, 2.05) is 4.72 Å². The summed E-state index contributed by atoms with van der Waals surface area (Å²) < 4.78 is 23.9. The lowest BCUT2D eigenvalue weighted by Crippen LogP contribution is -2.46. The molecule has 2 fully saturated rings. The maximum atomic E-state index is 11.7. The summed E-state index contributed by atoms with van der Waals surface area (Å²) in [5, 5.41) is 0. The van der Waals surface area contributed by atoms with Gasteiger partial charge in [-0.2, -0.15) is 0 Å². The van der Waals surface area contributed by atoms with E-state index in [9.17, 15) is 13.2 Å². The number of hydrogen-bond acceptors (Lipinski definition) is 4. The zero-order valence-corrected chi connectivity index (χ0v) is 9.46. The van der Waals surface area contributed by atoms with Crippen molar-refractivity contribution in [1.29, 1.82) is 0 Å². The van der Waals surface area contributed by atoms with E-state index in [1.54, 1.807) is 0 Å². The van der Waals surface area contributed by atoms with E-state index in [4.69, 9.17) is 5.73 Å². The van der Waals surface area contributed by atoms with Crippen LogP contribution in [0.5, 0.6) is 0 Å². The molecule has 2 saturated carbocycles. The Morgan fingerprint density at radius 1 is 1.33 bits per heavy atom. The van der Waals surface area contributed by atoms with Crippen molar-refractivity contribution in [2.75, 3.05) is 6.26 Å². The highest BCUT2D eigenvalue weighted by molar-refractivity contribution is 7.89. The highest BCUT2D eigenvalue weighted by Gasteiger charge is 2.49. The summed E-state index contributed by atoms with van der Waals surface area (Å²) in [5.74, 6) is -0.0345. The lowest BCUT2D eigenvalue weighted by molar-refractivity contribution is -0.125. The largest absolute Gasteiger partial charge is 0.327 e. The minimum Gasteiger partial charge on any atom is -0.327 e. The third-order valence-corrected chi connectivity index (χ3v) is 4.14. The Kier molecular flexibility index (Phi) is 2.50. The van der Waals surface area contributed by atoms with E-state index in [0.717, 1.165) is 25.5 Å². The number of carbonyl (C=O) groups is 1. The van der Waals surface area contributed by atoms with Gasteiger partial charge in [-0.1, -0.05) is 0 Å². The number of sulfonamides is 1. The second kappa shape index (κ2) is 3.45. The Balaban J connectivity index is 2.09. The van der Waals surface area contributed by atoms with Gasteiger partial charge in [0, 0.05) is 6.04 Å². The SMILES string of the molecule is CS(=O)(=O)NC(=O)C1C2CCC(C2)C1N. The molecular formula is C9H16N2O3S. The molecule has 0 radical (unpaired) electrons. The van der Waals surface area contributed by atoms with Crippen molar-refractivity contribution in [2.45, 2.75) is 25.3 Å². The van der Waals surface area contributed by atoms with Gasteiger partial charge in [-0.15, -0.1) is 0 Å². The van der Waals surface area contributed by atoms with Gasteiger partial charge in [0.25, 0.3) is 0 Å². The molecule has 0 saturated heterocycles. The first-order valence-corrected chi connectivity index (χ1v) is 7.05. The smallest absolute Gasteiger partial charge is 0.238 e. The quantitative estimate of drug-likeness (QED) is 0.667. The van der Waals surface area contributed by atoms with Crippen molar-refractivity contribution in [3.63, 3.8) is 0 Å². The second-order valence-electron chi connectivity index (χ2n) is 4.67. The van der Waals surface area contributed by atoms with Crippen LogP contribution in [0.25, 0.3) is 0 Å². The molecule has 86 valence electrons. The van der Waals surface area contributed by atoms with Gasteiger partial charge in [0.15, 0.2) is 0 Å². The van der Waals surface area contributed by atoms with Crippen LogP contribution in [0.4, 0.5) is 0 Å². The summed E-state index contributed by atoms with van der Waals surface area (Å²) >= 11 is 0. The van der Waals surface area contributed by atoms with Gasteiger partial charge in [0.05, 0.1) is 12.2 Å². The number of carbonyl (C=O) groups excluding carboxylic acids is 1. The van der Waals surface area contributed by atoms with E-state index in [1.165, 1.54) is 0 Å². The van der Waals surface area contributed by atoms with E-state index in [-0.39, 0.29) is 17.9 Å². The van der Waals surface area contributed by atoms with Crippen molar-refractivity contribution in [2.24, 2.45) is 23.5 Å². The van der Waals surface area contributed by atoms with Crippen molar-refractivity contribution >= 4 is 15.9 Å². The van der Waals surface area contributed by atoms with E-state index < -0.39 is 15.9 Å². The maximum absolute atomic E-state index is 11.7. The molecule has 0 aromatic rings. The molecule has 0 heterocycles. The van der Waals surface area contributed by atoms with Crippen LogP contribution in [-0.2, 0) is 14.8 Å². The zero-order valence-electron chi connectivity index (χ0n) is 8.64. The van der Waals surface area contributed by atoms with Gasteiger partial charge in [0.1, 0.15) is 0 Å². The van der Waals surface area contributed by atoms with Crippen molar-refractivity contribution in [3.05, 3.63) is 0 Å². The highest BCUT2D eigenvalue weighted by Crippen LogP contribution is 2.47. The summed E-state index contributed by atoms with van der Waals surface area (Å²) in [5.41, 5.74) is 5.93. The number of hydrogen-bond donors (Lipinski definition) is 2. The number of fused-ring (bicyclic) bond motifs is 2. The molecule has 4 unspecified atom stereocenters. The van der Waals surface area contributed by atoms with Gasteiger partial charge in [-0.3, -0.25) is 9.52 Å². The molecular weight excluding hydrogens is 216 g/mol. The maximum Gasteiger partial charge on any atom is 0.238 e. The molecule has 2 bridgehead atoms. The van der Waals surface area contributed by atoms with Crippen LogP contribution in [-0.4, -0.2) is 26.6 Å². The molecule has 2 rings (SSSR count). The lowest BCUT2D eigenvalue weighted by Gasteiger charge is -2.26. The van der Waals surface area contributed by atoms with Crippen molar-refractivity contribution in [3.8, 4) is 0 Å². The Hall–Kier alpha value is -0.620. The Morgan fingerprint density at radius 2 is 1.93 bits per heavy atom. The predicted molar refractivity (Wildman–Crippen MR) is 55.3 cm³/mol. The third kappa shape index (κ3) is 2.01. The number of nitrogens with two attached hydrogens (primary N) is 1. The molecule has 0 aromatic heterocycles. The number of nitrogens with one attached hydrogen (secondary N) is 1. The van der Waals surface area contributed by atoms with Gasteiger partial charge >= 0.3 is 0 Å². The average molecular weight is 232 g/mol. The molecule has 6 heteroatoms. The summed E-state index contributed by atoms with van der Waals surface area (Å²) in [6.07, 6.45) is 4.04. The molecule has 1 amide bonds. The topological polar surface area (TPSA) is 89.3 Å². The molecule has 0 spiro atoms. The van der Waals surface area contributed by atoms with Gasteiger partial charge in [0.2, 0.25) is 15.9 Å². The Morgan fingerprint density at radius 3 is 2.40 bits per heavy atom. The summed E-state index contributed by atoms with van der Waals surface area (Å²) in [6, 6.07) is -0.162. The molecule has 2 aliphatic rings. The monoisotopic (exact) mass is 232 g/mol. The van der Waals surface area contributed by atoms with Crippen LogP contribution in [0.2, 0.25) is 0 Å². The van der Waals surface area contributed by atoms with Crippen LogP contribution < -0.4 is 10.5 Å². The number of amides is 1. The summed E-state index contributed by atoms with van der Waals surface area (Å²) in [7, 11) is -3.46. The average Bonchev–Trinajstić information content (AvgIpc) is 2.59.